The third-order valence-electron chi connectivity index (χ3n) is 2.53. The van der Waals surface area contributed by atoms with Crippen LogP contribution in [0.2, 0.25) is 5.02 Å². The van der Waals surface area contributed by atoms with Crippen molar-refractivity contribution in [2.45, 2.75) is 13.5 Å². The molecule has 102 valence electrons. The molecule has 0 aliphatic carbocycles. The highest BCUT2D eigenvalue weighted by atomic mass is 35.5. The van der Waals surface area contributed by atoms with E-state index in [2.05, 4.69) is 16.7 Å². The number of carbonyl (C=O) groups excluding carboxylic acids is 1. The number of benzene rings is 1. The van der Waals surface area contributed by atoms with E-state index in [1.165, 1.54) is 18.3 Å². The molecule has 0 saturated carbocycles. The van der Waals surface area contributed by atoms with Gasteiger partial charge in [0.1, 0.15) is 6.07 Å². The van der Waals surface area contributed by atoms with Crippen molar-refractivity contribution in [2.24, 2.45) is 0 Å². The Hall–Kier alpha value is -2.03. The average Bonchev–Trinajstić information content (AvgIpc) is 2.87. The maximum absolute atomic E-state index is 11.1. The van der Waals surface area contributed by atoms with Gasteiger partial charge in [0.2, 0.25) is 5.91 Å². The quantitative estimate of drug-likeness (QED) is 0.902. The lowest BCUT2D eigenvalue weighted by Crippen LogP contribution is -2.07. The molecule has 0 unspecified atom stereocenters. The van der Waals surface area contributed by atoms with Crippen molar-refractivity contribution in [1.82, 2.24) is 0 Å². The topological polar surface area (TPSA) is 64.9 Å². The first-order valence-electron chi connectivity index (χ1n) is 5.87. The van der Waals surface area contributed by atoms with Crippen LogP contribution in [0, 0.1) is 11.3 Å². The Kier molecular flexibility index (Phi) is 4.61. The number of nitrogens with zero attached hydrogens (tertiary/aromatic N) is 1. The van der Waals surface area contributed by atoms with Crippen LogP contribution in [-0.4, -0.2) is 5.91 Å². The number of halogens is 1. The molecule has 1 amide bonds. The first-order chi connectivity index (χ1) is 9.58. The molecule has 6 heteroatoms. The van der Waals surface area contributed by atoms with Crippen LogP contribution >= 0.6 is 22.9 Å². The van der Waals surface area contributed by atoms with Crippen molar-refractivity contribution >= 4 is 40.2 Å². The Labute approximate surface area is 126 Å². The van der Waals surface area contributed by atoms with E-state index in [9.17, 15) is 4.79 Å². The number of nitrogens with one attached hydrogen (secondary N) is 2. The monoisotopic (exact) mass is 305 g/mol. The lowest BCUT2D eigenvalue weighted by Gasteiger charge is -2.09. The summed E-state index contributed by atoms with van der Waals surface area (Å²) in [5.41, 5.74) is 2.10. The molecule has 1 aromatic carbocycles. The lowest BCUT2D eigenvalue weighted by atomic mass is 10.2. The van der Waals surface area contributed by atoms with E-state index in [4.69, 9.17) is 16.9 Å². The van der Waals surface area contributed by atoms with Gasteiger partial charge >= 0.3 is 0 Å². The fourth-order valence-electron chi connectivity index (χ4n) is 1.64. The zero-order valence-electron chi connectivity index (χ0n) is 10.7. The molecule has 0 saturated heterocycles. The van der Waals surface area contributed by atoms with Gasteiger partial charge in [-0.05, 0) is 24.3 Å². The summed E-state index contributed by atoms with van der Waals surface area (Å²) >= 11 is 7.53. The Morgan fingerprint density at radius 1 is 1.45 bits per heavy atom. The van der Waals surface area contributed by atoms with E-state index < -0.39 is 0 Å². The van der Waals surface area contributed by atoms with E-state index in [-0.39, 0.29) is 5.91 Å². The van der Waals surface area contributed by atoms with E-state index >= 15 is 0 Å². The van der Waals surface area contributed by atoms with Gasteiger partial charge < -0.3 is 10.6 Å². The molecule has 2 aromatic rings. The Morgan fingerprint density at radius 2 is 2.25 bits per heavy atom. The third kappa shape index (κ3) is 3.73. The van der Waals surface area contributed by atoms with Gasteiger partial charge in [-0.3, -0.25) is 4.79 Å². The highest BCUT2D eigenvalue weighted by molar-refractivity contribution is 7.10. The summed E-state index contributed by atoms with van der Waals surface area (Å²) in [6.45, 7) is 2.05. The highest BCUT2D eigenvalue weighted by Gasteiger charge is 2.04. The minimum atomic E-state index is -0.166. The standard InChI is InChI=1S/C14H12ClN3OS/c1-9(19)18-14-5-11(2-3-13(14)15)17-7-12-4-10(6-16)8-20-12/h2-5,8,17H,7H2,1H3,(H,18,19). The normalized spacial score (nSPS) is 9.85. The first kappa shape index (κ1) is 14.4. The summed E-state index contributed by atoms with van der Waals surface area (Å²) in [5.74, 6) is -0.166. The predicted octanol–water partition coefficient (Wildman–Crippen LogP) is 3.84. The number of anilines is 2. The molecule has 2 N–H and O–H groups in total. The fraction of sp³-hybridized carbons (Fsp3) is 0.143. The van der Waals surface area contributed by atoms with Crippen LogP contribution in [0.1, 0.15) is 17.4 Å². The second kappa shape index (κ2) is 6.42. The molecule has 0 aliphatic rings. The van der Waals surface area contributed by atoms with Gasteiger partial charge in [0, 0.05) is 29.4 Å². The van der Waals surface area contributed by atoms with Gasteiger partial charge in [0.15, 0.2) is 0 Å². The van der Waals surface area contributed by atoms with Gasteiger partial charge in [-0.1, -0.05) is 11.6 Å². The number of hydrogen-bond acceptors (Lipinski definition) is 4. The largest absolute Gasteiger partial charge is 0.380 e. The number of hydrogen-bond donors (Lipinski definition) is 2. The summed E-state index contributed by atoms with van der Waals surface area (Å²) in [5, 5.41) is 17.0. The number of amides is 1. The van der Waals surface area contributed by atoms with Crippen molar-refractivity contribution in [3.8, 4) is 6.07 Å². The Bertz CT molecular complexity index is 675. The van der Waals surface area contributed by atoms with E-state index in [1.54, 1.807) is 12.1 Å². The van der Waals surface area contributed by atoms with Gasteiger partial charge in [0.25, 0.3) is 0 Å². The molecule has 1 aromatic heterocycles. The zero-order valence-corrected chi connectivity index (χ0v) is 12.3. The van der Waals surface area contributed by atoms with E-state index in [1.807, 2.05) is 17.5 Å². The molecular formula is C14H12ClN3OS. The number of nitriles is 1. The summed E-state index contributed by atoms with van der Waals surface area (Å²) in [6, 6.07) is 9.30. The molecule has 4 nitrogen and oxygen atoms in total. The zero-order chi connectivity index (χ0) is 14.5. The van der Waals surface area contributed by atoms with Crippen LogP contribution in [0.5, 0.6) is 0 Å². The minimum Gasteiger partial charge on any atom is -0.380 e. The molecule has 0 radical (unpaired) electrons. The lowest BCUT2D eigenvalue weighted by molar-refractivity contribution is -0.114. The fourth-order valence-corrected chi connectivity index (χ4v) is 2.56. The van der Waals surface area contributed by atoms with Gasteiger partial charge in [-0.15, -0.1) is 11.3 Å². The molecule has 0 atom stereocenters. The van der Waals surface area contributed by atoms with Crippen LogP contribution in [0.4, 0.5) is 11.4 Å². The maximum atomic E-state index is 11.1. The summed E-state index contributed by atoms with van der Waals surface area (Å²) in [6.07, 6.45) is 0. The van der Waals surface area contributed by atoms with Crippen molar-refractivity contribution in [2.75, 3.05) is 10.6 Å². The van der Waals surface area contributed by atoms with Crippen LogP contribution in [-0.2, 0) is 11.3 Å². The smallest absolute Gasteiger partial charge is 0.221 e. The van der Waals surface area contributed by atoms with Gasteiger partial charge in [0.05, 0.1) is 16.3 Å². The third-order valence-corrected chi connectivity index (χ3v) is 3.79. The summed E-state index contributed by atoms with van der Waals surface area (Å²) in [4.78, 5) is 12.1. The average molecular weight is 306 g/mol. The minimum absolute atomic E-state index is 0.166. The summed E-state index contributed by atoms with van der Waals surface area (Å²) in [7, 11) is 0. The van der Waals surface area contributed by atoms with E-state index in [0.29, 0.717) is 22.8 Å². The van der Waals surface area contributed by atoms with Crippen LogP contribution in [0.15, 0.2) is 29.6 Å². The van der Waals surface area contributed by atoms with E-state index in [0.717, 1.165) is 10.6 Å². The number of carbonyl (C=O) groups is 1. The second-order valence-electron chi connectivity index (χ2n) is 4.14. The molecule has 0 spiro atoms. The first-order valence-corrected chi connectivity index (χ1v) is 7.13. The van der Waals surface area contributed by atoms with Gasteiger partial charge in [-0.2, -0.15) is 5.26 Å². The maximum Gasteiger partial charge on any atom is 0.221 e. The molecule has 2 rings (SSSR count). The van der Waals surface area contributed by atoms with Crippen molar-refractivity contribution in [3.63, 3.8) is 0 Å². The molecule has 20 heavy (non-hydrogen) atoms. The second-order valence-corrected chi connectivity index (χ2v) is 5.55. The SMILES string of the molecule is CC(=O)Nc1cc(NCc2cc(C#N)cs2)ccc1Cl. The van der Waals surface area contributed by atoms with Crippen molar-refractivity contribution in [1.29, 1.82) is 5.26 Å². The molecule has 1 heterocycles. The Balaban J connectivity index is 2.06. The number of thiophene rings is 1. The molecular weight excluding hydrogens is 294 g/mol. The molecule has 0 fully saturated rings. The number of rotatable bonds is 4. The highest BCUT2D eigenvalue weighted by Crippen LogP contribution is 2.26. The van der Waals surface area contributed by atoms with Crippen molar-refractivity contribution in [3.05, 3.63) is 45.1 Å². The van der Waals surface area contributed by atoms with Gasteiger partial charge in [-0.25, -0.2) is 0 Å². The van der Waals surface area contributed by atoms with Crippen LogP contribution in [0.25, 0.3) is 0 Å². The molecule has 0 bridgehead atoms. The molecule has 0 aliphatic heterocycles. The summed E-state index contributed by atoms with van der Waals surface area (Å²) < 4.78 is 0. The predicted molar refractivity (Wildman–Crippen MR) is 82.1 cm³/mol. The van der Waals surface area contributed by atoms with Crippen LogP contribution < -0.4 is 10.6 Å². The van der Waals surface area contributed by atoms with Crippen LogP contribution in [0.3, 0.4) is 0 Å². The van der Waals surface area contributed by atoms with Crippen molar-refractivity contribution < 1.29 is 4.79 Å². The Morgan fingerprint density at radius 3 is 2.90 bits per heavy atom.